The topological polar surface area (TPSA) is 152 Å². The Bertz CT molecular complexity index is 1610. The van der Waals surface area contributed by atoms with Crippen molar-refractivity contribution >= 4 is 35.6 Å². The zero-order valence-electron chi connectivity index (χ0n) is 31.3. The number of carbonyl (C=O) groups excluding carboxylic acids is 6. The molecule has 12 heteroatoms. The molecule has 12 nitrogen and oxygen atoms in total. The van der Waals surface area contributed by atoms with Crippen LogP contribution in [-0.4, -0.2) is 85.1 Å². The molecule has 3 aliphatic carbocycles. The summed E-state index contributed by atoms with van der Waals surface area (Å²) in [4.78, 5) is 81.0. The van der Waals surface area contributed by atoms with Gasteiger partial charge in [0.15, 0.2) is 12.2 Å². The highest BCUT2D eigenvalue weighted by molar-refractivity contribution is 6.03. The van der Waals surface area contributed by atoms with Gasteiger partial charge in [0, 0.05) is 51.6 Å². The monoisotopic (exact) mass is 709 g/mol. The van der Waals surface area contributed by atoms with Crippen LogP contribution in [0.5, 0.6) is 0 Å². The molecule has 51 heavy (non-hydrogen) atoms. The predicted molar refractivity (Wildman–Crippen MR) is 185 cm³/mol. The van der Waals surface area contributed by atoms with Crippen LogP contribution in [0.25, 0.3) is 0 Å². The van der Waals surface area contributed by atoms with Crippen molar-refractivity contribution in [3.63, 3.8) is 0 Å². The van der Waals surface area contributed by atoms with Crippen molar-refractivity contribution in [2.75, 3.05) is 14.1 Å². The molecule has 0 heterocycles. The molecule has 3 aliphatic rings. The molecule has 0 radical (unpaired) electrons. The molecule has 0 spiro atoms. The average molecular weight is 710 g/mol. The van der Waals surface area contributed by atoms with Gasteiger partial charge >= 0.3 is 29.8 Å². The van der Waals surface area contributed by atoms with Gasteiger partial charge in [-0.2, -0.15) is 0 Å². The molecule has 4 rings (SSSR count). The van der Waals surface area contributed by atoms with Crippen LogP contribution >= 0.6 is 0 Å². The molecule has 2 fully saturated rings. The second kappa shape index (κ2) is 15.1. The Labute approximate surface area is 299 Å². The van der Waals surface area contributed by atoms with Crippen LogP contribution in [0.1, 0.15) is 86.3 Å². The largest absolute Gasteiger partial charge is 0.462 e. The van der Waals surface area contributed by atoms with E-state index in [1.165, 1.54) is 27.7 Å². The number of benzene rings is 1. The number of nitrogens with zero attached hydrogens (tertiary/aromatic N) is 1. The molecule has 0 aromatic heterocycles. The van der Waals surface area contributed by atoms with Crippen molar-refractivity contribution in [3.05, 3.63) is 59.2 Å². The lowest BCUT2D eigenvalue weighted by atomic mass is 9.49. The van der Waals surface area contributed by atoms with Crippen molar-refractivity contribution in [3.8, 4) is 0 Å². The Morgan fingerprint density at radius 2 is 1.41 bits per heavy atom. The summed E-state index contributed by atoms with van der Waals surface area (Å²) in [6, 6.07) is 9.24. The van der Waals surface area contributed by atoms with Crippen LogP contribution < -0.4 is 0 Å². The summed E-state index contributed by atoms with van der Waals surface area (Å²) in [5, 5.41) is 0. The van der Waals surface area contributed by atoms with Gasteiger partial charge in [-0.15, -0.1) is 0 Å². The summed E-state index contributed by atoms with van der Waals surface area (Å²) in [6.07, 6.45) is -5.51. The molecule has 0 N–H and O–H groups in total. The lowest BCUT2D eigenvalue weighted by Crippen LogP contribution is -2.64. The molecule has 0 amide bonds. The second-order valence-corrected chi connectivity index (χ2v) is 15.0. The van der Waals surface area contributed by atoms with E-state index in [0.29, 0.717) is 11.1 Å². The number of rotatable bonds is 9. The van der Waals surface area contributed by atoms with E-state index in [1.807, 2.05) is 63.2 Å². The van der Waals surface area contributed by atoms with Crippen molar-refractivity contribution in [1.82, 2.24) is 4.90 Å². The van der Waals surface area contributed by atoms with E-state index in [9.17, 15) is 28.8 Å². The maximum atomic E-state index is 15.0. The lowest BCUT2D eigenvalue weighted by Gasteiger charge is -2.58. The predicted octanol–water partition coefficient (Wildman–Crippen LogP) is 4.85. The van der Waals surface area contributed by atoms with E-state index in [-0.39, 0.29) is 30.9 Å². The Kier molecular flexibility index (Phi) is 11.7. The Morgan fingerprint density at radius 3 is 1.94 bits per heavy atom. The minimum atomic E-state index is -1.47. The normalized spacial score (nSPS) is 30.6. The van der Waals surface area contributed by atoms with E-state index < -0.39 is 88.8 Å². The van der Waals surface area contributed by atoms with Crippen LogP contribution in [0.3, 0.4) is 0 Å². The number of ether oxygens (including phenoxy) is 5. The first-order valence-corrected chi connectivity index (χ1v) is 17.3. The van der Waals surface area contributed by atoms with Gasteiger partial charge in [-0.25, -0.2) is 0 Å². The highest BCUT2D eigenvalue weighted by Gasteiger charge is 2.65. The van der Waals surface area contributed by atoms with Crippen LogP contribution in [0.2, 0.25) is 0 Å². The molecule has 1 aromatic carbocycles. The van der Waals surface area contributed by atoms with Crippen LogP contribution in [-0.2, 0) is 52.5 Å². The molecule has 0 aliphatic heterocycles. The molecule has 278 valence electrons. The maximum absolute atomic E-state index is 15.0. The summed E-state index contributed by atoms with van der Waals surface area (Å²) >= 11 is 0. The Balaban J connectivity index is 1.88. The Hall–Kier alpha value is -4.32. The average Bonchev–Trinajstić information content (AvgIpc) is 3.01. The van der Waals surface area contributed by atoms with Crippen LogP contribution in [0.4, 0.5) is 0 Å². The highest BCUT2D eigenvalue weighted by atomic mass is 16.6. The molecule has 2 saturated carbocycles. The number of hydrogen-bond acceptors (Lipinski definition) is 12. The van der Waals surface area contributed by atoms with Crippen molar-refractivity contribution < 1.29 is 52.5 Å². The SMILES string of the molecule is C=C1C(OC(=O)CC(c2ccccc2)N(C)C)CC(OC(C)=O)C2(C)C1CC1C(OC(C)=O)C(OC(C)=O)C(C)=C(C(=O)C2OC(C)=O)C1(C)C. The van der Waals surface area contributed by atoms with Crippen molar-refractivity contribution in [2.45, 2.75) is 111 Å². The van der Waals surface area contributed by atoms with E-state index in [0.717, 1.165) is 5.56 Å². The van der Waals surface area contributed by atoms with Gasteiger partial charge in [-0.05, 0) is 55.5 Å². The standard InChI is InChI=1S/C39H51NO11/c1-20-27-17-28-36(49-24(5)43)35(48-23(4)42)21(2)33(38(28,7)8)34(46)37(50-25(6)44)39(27,9)31(47-22(3)41)19-30(20)51-32(45)18-29(40(10)11)26-15-13-12-14-16-26/h12-16,27-31,35-37H,1,17-19H2,2-11H3. The van der Waals surface area contributed by atoms with Crippen LogP contribution in [0.15, 0.2) is 53.6 Å². The third-order valence-corrected chi connectivity index (χ3v) is 11.0. The van der Waals surface area contributed by atoms with Gasteiger partial charge in [0.1, 0.15) is 18.3 Å². The summed E-state index contributed by atoms with van der Waals surface area (Å²) in [5.41, 5.74) is -0.428. The molecular formula is C39H51NO11. The molecular weight excluding hydrogens is 658 g/mol. The van der Waals surface area contributed by atoms with Gasteiger partial charge in [0.25, 0.3) is 0 Å². The summed E-state index contributed by atoms with van der Waals surface area (Å²) in [6.45, 7) is 16.3. The van der Waals surface area contributed by atoms with Gasteiger partial charge < -0.3 is 28.6 Å². The summed E-state index contributed by atoms with van der Waals surface area (Å²) < 4.78 is 29.6. The van der Waals surface area contributed by atoms with Gasteiger partial charge in [0.2, 0.25) is 5.78 Å². The minimum absolute atomic E-state index is 0.0111. The fraction of sp³-hybridized carbons (Fsp3) is 0.590. The van der Waals surface area contributed by atoms with E-state index in [4.69, 9.17) is 23.7 Å². The first kappa shape index (κ1) is 39.5. The zero-order chi connectivity index (χ0) is 38.2. The first-order valence-electron chi connectivity index (χ1n) is 17.3. The van der Waals surface area contributed by atoms with Gasteiger partial charge in [-0.1, -0.05) is 57.7 Å². The number of ketones is 1. The molecule has 0 saturated heterocycles. The third kappa shape index (κ3) is 7.80. The second-order valence-electron chi connectivity index (χ2n) is 15.0. The van der Waals surface area contributed by atoms with E-state index in [2.05, 4.69) is 6.58 Å². The molecule has 9 atom stereocenters. The Morgan fingerprint density at radius 1 is 0.843 bits per heavy atom. The van der Waals surface area contributed by atoms with E-state index >= 15 is 0 Å². The lowest BCUT2D eigenvalue weighted by molar-refractivity contribution is -0.200. The fourth-order valence-corrected chi connectivity index (χ4v) is 8.67. The fourth-order valence-electron chi connectivity index (χ4n) is 8.67. The molecule has 2 bridgehead atoms. The van der Waals surface area contributed by atoms with E-state index in [1.54, 1.807) is 13.8 Å². The third-order valence-electron chi connectivity index (χ3n) is 11.0. The van der Waals surface area contributed by atoms with Crippen LogP contribution in [0, 0.1) is 22.7 Å². The highest BCUT2D eigenvalue weighted by Crippen LogP contribution is 2.60. The van der Waals surface area contributed by atoms with Gasteiger partial charge in [-0.3, -0.25) is 28.8 Å². The molecule has 9 unspecified atom stereocenters. The number of fused-ring (bicyclic) bond motifs is 3. The number of Topliss-reactive ketones (excluding diaryl/α,β-unsaturated/α-hetero) is 1. The summed E-state index contributed by atoms with van der Waals surface area (Å²) in [7, 11) is 3.73. The molecule has 1 aromatic rings. The zero-order valence-corrected chi connectivity index (χ0v) is 31.3. The van der Waals surface area contributed by atoms with Crippen molar-refractivity contribution in [1.29, 1.82) is 0 Å². The summed E-state index contributed by atoms with van der Waals surface area (Å²) in [5.74, 6) is -5.15. The smallest absolute Gasteiger partial charge is 0.308 e. The number of hydrogen-bond donors (Lipinski definition) is 0. The maximum Gasteiger partial charge on any atom is 0.308 e. The van der Waals surface area contributed by atoms with Crippen molar-refractivity contribution in [2.24, 2.45) is 22.7 Å². The minimum Gasteiger partial charge on any atom is -0.462 e. The number of carbonyl (C=O) groups is 6. The van der Waals surface area contributed by atoms with Gasteiger partial charge in [0.05, 0.1) is 11.8 Å². The first-order chi connectivity index (χ1) is 23.7. The number of esters is 5. The quantitative estimate of drug-likeness (QED) is 0.196.